The fourth-order valence-corrected chi connectivity index (χ4v) is 1.18. The molecule has 0 saturated carbocycles. The van der Waals surface area contributed by atoms with E-state index < -0.39 is 41.9 Å². The SMILES string of the molecule is N#CCc1c(OC(F)(F)F)c(CF)c[nH]c1=O. The molecule has 0 unspecified atom stereocenters. The Hall–Kier alpha value is -2.04. The second kappa shape index (κ2) is 4.86. The number of aromatic amines is 1. The van der Waals surface area contributed by atoms with Gasteiger partial charge in [0, 0.05) is 11.8 Å². The molecular weight excluding hydrogens is 244 g/mol. The van der Waals surface area contributed by atoms with E-state index in [-0.39, 0.29) is 0 Å². The minimum Gasteiger partial charge on any atom is -0.405 e. The van der Waals surface area contributed by atoms with Crippen molar-refractivity contribution in [3.8, 4) is 11.8 Å². The molecule has 8 heteroatoms. The molecule has 92 valence electrons. The number of nitrogens with one attached hydrogen (secondary N) is 1. The lowest BCUT2D eigenvalue weighted by atomic mass is 10.1. The summed E-state index contributed by atoms with van der Waals surface area (Å²) < 4.78 is 52.2. The topological polar surface area (TPSA) is 65.9 Å². The van der Waals surface area contributed by atoms with Gasteiger partial charge in [0.05, 0.1) is 18.1 Å². The van der Waals surface area contributed by atoms with E-state index >= 15 is 0 Å². The van der Waals surface area contributed by atoms with Gasteiger partial charge in [-0.05, 0) is 0 Å². The normalized spacial score (nSPS) is 11.0. The average Bonchev–Trinajstić information content (AvgIpc) is 2.22. The lowest BCUT2D eigenvalue weighted by Gasteiger charge is -2.13. The molecule has 0 aliphatic rings. The summed E-state index contributed by atoms with van der Waals surface area (Å²) >= 11 is 0. The fourth-order valence-electron chi connectivity index (χ4n) is 1.18. The lowest BCUT2D eigenvalue weighted by Crippen LogP contribution is -2.23. The zero-order chi connectivity index (χ0) is 13.1. The molecule has 0 amide bonds. The minimum absolute atomic E-state index is 0.466. The van der Waals surface area contributed by atoms with Crippen LogP contribution in [0.3, 0.4) is 0 Å². The van der Waals surface area contributed by atoms with E-state index in [1.807, 2.05) is 4.98 Å². The molecule has 0 fully saturated rings. The number of aromatic nitrogens is 1. The number of H-pyrrole nitrogens is 1. The maximum Gasteiger partial charge on any atom is 0.573 e. The number of nitrogens with zero attached hydrogens (tertiary/aromatic N) is 1. The fraction of sp³-hybridized carbons (Fsp3) is 0.333. The van der Waals surface area contributed by atoms with Gasteiger partial charge in [-0.15, -0.1) is 13.2 Å². The van der Waals surface area contributed by atoms with E-state index in [4.69, 9.17) is 5.26 Å². The number of rotatable bonds is 3. The molecule has 1 aromatic rings. The highest BCUT2D eigenvalue weighted by molar-refractivity contribution is 5.40. The second-order valence-electron chi connectivity index (χ2n) is 2.97. The van der Waals surface area contributed by atoms with Crippen molar-refractivity contribution in [3.63, 3.8) is 0 Å². The van der Waals surface area contributed by atoms with Crippen LogP contribution in [0.15, 0.2) is 11.0 Å². The molecule has 1 heterocycles. The Kier molecular flexibility index (Phi) is 3.73. The van der Waals surface area contributed by atoms with Gasteiger partial charge in [-0.3, -0.25) is 4.79 Å². The number of alkyl halides is 4. The molecule has 1 aromatic heterocycles. The van der Waals surface area contributed by atoms with Crippen LogP contribution >= 0.6 is 0 Å². The Morgan fingerprint density at radius 1 is 1.47 bits per heavy atom. The van der Waals surface area contributed by atoms with Crippen molar-refractivity contribution >= 4 is 0 Å². The highest BCUT2D eigenvalue weighted by Gasteiger charge is 2.34. The van der Waals surface area contributed by atoms with E-state index in [0.29, 0.717) is 0 Å². The predicted molar refractivity (Wildman–Crippen MR) is 47.9 cm³/mol. The van der Waals surface area contributed by atoms with Gasteiger partial charge in [-0.25, -0.2) is 4.39 Å². The third-order valence-electron chi connectivity index (χ3n) is 1.83. The Balaban J connectivity index is 3.36. The summed E-state index contributed by atoms with van der Waals surface area (Å²) in [6.07, 6.45) is -4.87. The van der Waals surface area contributed by atoms with Crippen molar-refractivity contribution in [2.45, 2.75) is 19.5 Å². The van der Waals surface area contributed by atoms with Gasteiger partial charge >= 0.3 is 6.36 Å². The summed E-state index contributed by atoms with van der Waals surface area (Å²) in [4.78, 5) is 13.2. The van der Waals surface area contributed by atoms with Crippen LogP contribution in [0.25, 0.3) is 0 Å². The maximum atomic E-state index is 12.5. The summed E-state index contributed by atoms with van der Waals surface area (Å²) in [5, 5.41) is 8.40. The number of hydrogen-bond acceptors (Lipinski definition) is 3. The highest BCUT2D eigenvalue weighted by atomic mass is 19.4. The molecule has 0 spiro atoms. The third kappa shape index (κ3) is 3.21. The van der Waals surface area contributed by atoms with Gasteiger partial charge < -0.3 is 9.72 Å². The Morgan fingerprint density at radius 2 is 2.12 bits per heavy atom. The van der Waals surface area contributed by atoms with Crippen LogP contribution in [0.1, 0.15) is 11.1 Å². The van der Waals surface area contributed by atoms with Crippen molar-refractivity contribution in [1.29, 1.82) is 5.26 Å². The number of halogens is 4. The van der Waals surface area contributed by atoms with Gasteiger partial charge in [-0.2, -0.15) is 5.26 Å². The molecule has 1 rings (SSSR count). The average molecular weight is 250 g/mol. The molecule has 0 radical (unpaired) electrons. The molecule has 0 aliphatic heterocycles. The molecule has 17 heavy (non-hydrogen) atoms. The van der Waals surface area contributed by atoms with Crippen LogP contribution in [0.4, 0.5) is 17.6 Å². The summed E-state index contributed by atoms with van der Waals surface area (Å²) in [5.41, 5.74) is -1.92. The zero-order valence-corrected chi connectivity index (χ0v) is 8.27. The lowest BCUT2D eigenvalue weighted by molar-refractivity contribution is -0.275. The zero-order valence-electron chi connectivity index (χ0n) is 8.27. The molecule has 0 saturated heterocycles. The molecule has 0 aliphatic carbocycles. The first-order valence-electron chi connectivity index (χ1n) is 4.31. The van der Waals surface area contributed by atoms with Gasteiger partial charge in [0.25, 0.3) is 5.56 Å². The number of hydrogen-bond donors (Lipinski definition) is 1. The van der Waals surface area contributed by atoms with E-state index in [0.717, 1.165) is 6.20 Å². The first kappa shape index (κ1) is 13.0. The number of ether oxygens (including phenoxy) is 1. The second-order valence-corrected chi connectivity index (χ2v) is 2.97. The Bertz CT molecular complexity index is 501. The summed E-state index contributed by atoms with van der Waals surface area (Å²) in [6.45, 7) is -1.25. The molecule has 0 bridgehead atoms. The summed E-state index contributed by atoms with van der Waals surface area (Å²) in [5.74, 6) is -0.940. The molecular formula is C9H6F4N2O2. The largest absolute Gasteiger partial charge is 0.573 e. The first-order valence-corrected chi connectivity index (χ1v) is 4.31. The van der Waals surface area contributed by atoms with Crippen molar-refractivity contribution < 1.29 is 22.3 Å². The van der Waals surface area contributed by atoms with Crippen molar-refractivity contribution in [2.24, 2.45) is 0 Å². The van der Waals surface area contributed by atoms with Crippen LogP contribution < -0.4 is 10.3 Å². The molecule has 1 N–H and O–H groups in total. The van der Waals surface area contributed by atoms with Crippen molar-refractivity contribution in [1.82, 2.24) is 4.98 Å². The van der Waals surface area contributed by atoms with Gasteiger partial charge in [0.2, 0.25) is 0 Å². The van der Waals surface area contributed by atoms with E-state index in [1.54, 1.807) is 0 Å². The van der Waals surface area contributed by atoms with Gasteiger partial charge in [0.1, 0.15) is 12.4 Å². The standard InChI is InChI=1S/C9H6F4N2O2/c10-3-5-4-15-8(16)6(1-2-14)7(5)17-9(11,12)13/h4H,1,3H2,(H,15,16). The highest BCUT2D eigenvalue weighted by Crippen LogP contribution is 2.28. The Labute approximate surface area is 92.4 Å². The number of nitriles is 1. The van der Waals surface area contributed by atoms with E-state index in [1.165, 1.54) is 6.07 Å². The minimum atomic E-state index is -5.05. The maximum absolute atomic E-state index is 12.5. The third-order valence-corrected chi connectivity index (χ3v) is 1.83. The predicted octanol–water partition coefficient (Wildman–Crippen LogP) is 1.81. The summed E-state index contributed by atoms with van der Waals surface area (Å²) in [7, 11) is 0. The quantitative estimate of drug-likeness (QED) is 0.832. The summed E-state index contributed by atoms with van der Waals surface area (Å²) in [6, 6.07) is 1.51. The van der Waals surface area contributed by atoms with Crippen LogP contribution in [0.5, 0.6) is 5.75 Å². The molecule has 4 nitrogen and oxygen atoms in total. The van der Waals surface area contributed by atoms with Gasteiger partial charge in [0.15, 0.2) is 0 Å². The number of pyridine rings is 1. The first-order chi connectivity index (χ1) is 7.89. The smallest absolute Gasteiger partial charge is 0.405 e. The van der Waals surface area contributed by atoms with Crippen LogP contribution in [-0.4, -0.2) is 11.3 Å². The van der Waals surface area contributed by atoms with Crippen LogP contribution in [0.2, 0.25) is 0 Å². The van der Waals surface area contributed by atoms with Gasteiger partial charge in [-0.1, -0.05) is 0 Å². The van der Waals surface area contributed by atoms with E-state index in [2.05, 4.69) is 4.74 Å². The van der Waals surface area contributed by atoms with Crippen LogP contribution in [-0.2, 0) is 13.1 Å². The van der Waals surface area contributed by atoms with Crippen LogP contribution in [0, 0.1) is 11.3 Å². The Morgan fingerprint density at radius 3 is 2.59 bits per heavy atom. The van der Waals surface area contributed by atoms with Crippen molar-refractivity contribution in [3.05, 3.63) is 27.7 Å². The molecule has 0 aromatic carbocycles. The van der Waals surface area contributed by atoms with E-state index in [9.17, 15) is 22.4 Å². The molecule has 0 atom stereocenters. The van der Waals surface area contributed by atoms with Crippen molar-refractivity contribution in [2.75, 3.05) is 0 Å². The monoisotopic (exact) mass is 250 g/mol.